The third kappa shape index (κ3) is 3.95. The van der Waals surface area contributed by atoms with Crippen molar-refractivity contribution in [3.63, 3.8) is 0 Å². The summed E-state index contributed by atoms with van der Waals surface area (Å²) in [6.07, 6.45) is 2.49. The predicted octanol–water partition coefficient (Wildman–Crippen LogP) is 3.46. The molecule has 1 aliphatic heterocycles. The van der Waals surface area contributed by atoms with E-state index < -0.39 is 0 Å². The highest BCUT2D eigenvalue weighted by Crippen LogP contribution is 2.23. The smallest absolute Gasteiger partial charge is 0.101 e. The number of nitrogens with zero attached hydrogens (tertiary/aromatic N) is 2. The summed E-state index contributed by atoms with van der Waals surface area (Å²) in [7, 11) is 0. The molecule has 0 aliphatic carbocycles. The highest BCUT2D eigenvalue weighted by Gasteiger charge is 2.18. The molecule has 0 spiro atoms. The molecule has 102 valence electrons. The largest absolute Gasteiger partial charge is 0.384 e. The maximum atomic E-state index is 9.10. The number of hydrogen-bond acceptors (Lipinski definition) is 3. The van der Waals surface area contributed by atoms with E-state index in [1.54, 1.807) is 0 Å². The van der Waals surface area contributed by atoms with Crippen LogP contribution in [-0.4, -0.2) is 31.1 Å². The Morgan fingerprint density at radius 3 is 2.79 bits per heavy atom. The van der Waals surface area contributed by atoms with Gasteiger partial charge in [-0.15, -0.1) is 0 Å². The first kappa shape index (κ1) is 14.4. The molecule has 0 amide bonds. The molecule has 1 fully saturated rings. The summed E-state index contributed by atoms with van der Waals surface area (Å²) in [5.74, 6) is 0.716. The van der Waals surface area contributed by atoms with Crippen molar-refractivity contribution in [1.82, 2.24) is 4.90 Å². The van der Waals surface area contributed by atoms with E-state index in [2.05, 4.69) is 39.1 Å². The lowest BCUT2D eigenvalue weighted by Gasteiger charge is -2.31. The molecule has 4 heteroatoms. The molecule has 1 aliphatic rings. The van der Waals surface area contributed by atoms with Crippen LogP contribution >= 0.6 is 15.9 Å². The van der Waals surface area contributed by atoms with E-state index in [1.807, 2.05) is 18.2 Å². The molecule has 0 radical (unpaired) electrons. The van der Waals surface area contributed by atoms with Crippen LogP contribution in [0.15, 0.2) is 22.7 Å². The maximum Gasteiger partial charge on any atom is 0.101 e. The van der Waals surface area contributed by atoms with E-state index in [0.29, 0.717) is 11.5 Å². The lowest BCUT2D eigenvalue weighted by atomic mass is 9.96. The van der Waals surface area contributed by atoms with Crippen molar-refractivity contribution in [2.45, 2.75) is 19.8 Å². The number of hydrogen-bond donors (Lipinski definition) is 1. The van der Waals surface area contributed by atoms with Crippen LogP contribution in [0.3, 0.4) is 0 Å². The lowest BCUT2D eigenvalue weighted by Crippen LogP contribution is -2.35. The number of nitrogens with one attached hydrogen (secondary N) is 1. The minimum atomic E-state index is 0.716. The predicted molar refractivity (Wildman–Crippen MR) is 82.2 cm³/mol. The second kappa shape index (κ2) is 6.93. The van der Waals surface area contributed by atoms with Crippen molar-refractivity contribution < 1.29 is 0 Å². The van der Waals surface area contributed by atoms with E-state index >= 15 is 0 Å². The van der Waals surface area contributed by atoms with Crippen molar-refractivity contribution in [1.29, 1.82) is 5.26 Å². The average molecular weight is 322 g/mol. The molecular formula is C15H20BrN3. The van der Waals surface area contributed by atoms with Crippen molar-refractivity contribution in [3.05, 3.63) is 28.2 Å². The number of piperidine rings is 1. The Hall–Kier alpha value is -1.05. The molecule has 0 unspecified atom stereocenters. The minimum absolute atomic E-state index is 0.716. The van der Waals surface area contributed by atoms with Crippen molar-refractivity contribution in [3.8, 4) is 6.07 Å². The van der Waals surface area contributed by atoms with Crippen molar-refractivity contribution >= 4 is 21.6 Å². The van der Waals surface area contributed by atoms with Gasteiger partial charge in [0.1, 0.15) is 6.07 Å². The van der Waals surface area contributed by atoms with Gasteiger partial charge >= 0.3 is 0 Å². The summed E-state index contributed by atoms with van der Waals surface area (Å²) in [6, 6.07) is 7.98. The summed E-state index contributed by atoms with van der Waals surface area (Å²) in [4.78, 5) is 2.50. The maximum absolute atomic E-state index is 9.10. The fourth-order valence-corrected chi connectivity index (χ4v) is 2.88. The summed E-state index contributed by atoms with van der Waals surface area (Å²) in [5.41, 5.74) is 1.66. The van der Waals surface area contributed by atoms with Gasteiger partial charge in [-0.25, -0.2) is 0 Å². The van der Waals surface area contributed by atoms with Crippen LogP contribution in [0.5, 0.6) is 0 Å². The van der Waals surface area contributed by atoms with Crippen LogP contribution in [0.25, 0.3) is 0 Å². The quantitative estimate of drug-likeness (QED) is 0.923. The van der Waals surface area contributed by atoms with Gasteiger partial charge < -0.3 is 10.2 Å². The molecule has 0 atom stereocenters. The molecular weight excluding hydrogens is 302 g/mol. The summed E-state index contributed by atoms with van der Waals surface area (Å²) >= 11 is 3.45. The van der Waals surface area contributed by atoms with Gasteiger partial charge in [0.15, 0.2) is 0 Å². The summed E-state index contributed by atoms with van der Waals surface area (Å²) < 4.78 is 1.01. The molecule has 1 aromatic carbocycles. The fourth-order valence-electron chi connectivity index (χ4n) is 2.52. The van der Waals surface area contributed by atoms with Crippen LogP contribution in [0, 0.1) is 17.2 Å². The van der Waals surface area contributed by atoms with Gasteiger partial charge in [0.05, 0.1) is 11.3 Å². The number of halogens is 1. The molecule has 0 saturated carbocycles. The first-order chi connectivity index (χ1) is 9.22. The third-order valence-corrected chi connectivity index (χ3v) is 4.33. The molecule has 1 heterocycles. The van der Waals surface area contributed by atoms with Crippen LogP contribution in [-0.2, 0) is 0 Å². The molecule has 19 heavy (non-hydrogen) atoms. The first-order valence-corrected chi connectivity index (χ1v) is 7.68. The van der Waals surface area contributed by atoms with Crippen molar-refractivity contribution in [2.24, 2.45) is 5.92 Å². The topological polar surface area (TPSA) is 39.1 Å². The van der Waals surface area contributed by atoms with Gasteiger partial charge in [-0.1, -0.05) is 22.9 Å². The van der Waals surface area contributed by atoms with Gasteiger partial charge in [0, 0.05) is 11.0 Å². The zero-order valence-corrected chi connectivity index (χ0v) is 12.9. The monoisotopic (exact) mass is 321 g/mol. The van der Waals surface area contributed by atoms with E-state index in [1.165, 1.54) is 25.9 Å². The third-order valence-electron chi connectivity index (χ3n) is 3.84. The summed E-state index contributed by atoms with van der Waals surface area (Å²) in [5, 5.41) is 12.5. The van der Waals surface area contributed by atoms with E-state index in [9.17, 15) is 0 Å². The van der Waals surface area contributed by atoms with Gasteiger partial charge in [-0.05, 0) is 56.6 Å². The van der Waals surface area contributed by atoms with Crippen molar-refractivity contribution in [2.75, 3.05) is 31.5 Å². The van der Waals surface area contributed by atoms with Crippen LogP contribution in [0.1, 0.15) is 25.3 Å². The molecule has 3 nitrogen and oxygen atoms in total. The number of rotatable bonds is 4. The van der Waals surface area contributed by atoms with Crippen LogP contribution in [0.2, 0.25) is 0 Å². The lowest BCUT2D eigenvalue weighted by molar-refractivity contribution is 0.198. The van der Waals surface area contributed by atoms with Gasteiger partial charge in [-0.3, -0.25) is 0 Å². The zero-order chi connectivity index (χ0) is 13.7. The van der Waals surface area contributed by atoms with Crippen LogP contribution in [0.4, 0.5) is 5.69 Å². The Bertz CT molecular complexity index is 459. The zero-order valence-electron chi connectivity index (χ0n) is 11.3. The standard InChI is InChI=1S/C15H20BrN3/c1-2-19-7-5-12(6-8-19)11-18-15-9-14(16)4-3-13(15)10-17/h3-4,9,12,18H,2,5-8,11H2,1H3. The fraction of sp³-hybridized carbons (Fsp3) is 0.533. The number of benzene rings is 1. The Labute approximate surface area is 123 Å². The van der Waals surface area contributed by atoms with E-state index in [0.717, 1.165) is 23.2 Å². The minimum Gasteiger partial charge on any atom is -0.384 e. The normalized spacial score (nSPS) is 17.1. The van der Waals surface area contributed by atoms with Gasteiger partial charge in [0.25, 0.3) is 0 Å². The second-order valence-corrected chi connectivity index (χ2v) is 5.98. The Morgan fingerprint density at radius 1 is 1.42 bits per heavy atom. The number of anilines is 1. The molecule has 0 bridgehead atoms. The van der Waals surface area contributed by atoms with Gasteiger partial charge in [0.2, 0.25) is 0 Å². The summed E-state index contributed by atoms with van der Waals surface area (Å²) in [6.45, 7) is 6.74. The Morgan fingerprint density at radius 2 is 2.16 bits per heavy atom. The molecule has 0 aromatic heterocycles. The molecule has 1 saturated heterocycles. The van der Waals surface area contributed by atoms with Crippen LogP contribution < -0.4 is 5.32 Å². The SMILES string of the molecule is CCN1CCC(CNc2cc(Br)ccc2C#N)CC1. The van der Waals surface area contributed by atoms with E-state index in [-0.39, 0.29) is 0 Å². The second-order valence-electron chi connectivity index (χ2n) is 5.06. The first-order valence-electron chi connectivity index (χ1n) is 6.88. The molecule has 1 aromatic rings. The highest BCUT2D eigenvalue weighted by atomic mass is 79.9. The number of likely N-dealkylation sites (tertiary alicyclic amines) is 1. The number of nitriles is 1. The van der Waals surface area contributed by atoms with Gasteiger partial charge in [-0.2, -0.15) is 5.26 Å². The Kier molecular flexibility index (Phi) is 5.24. The average Bonchev–Trinajstić information content (AvgIpc) is 2.46. The van der Waals surface area contributed by atoms with E-state index in [4.69, 9.17) is 5.26 Å². The highest BCUT2D eigenvalue weighted by molar-refractivity contribution is 9.10. The Balaban J connectivity index is 1.89. The molecule has 2 rings (SSSR count). The molecule has 1 N–H and O–H groups in total.